The summed E-state index contributed by atoms with van der Waals surface area (Å²) >= 11 is 0. The van der Waals surface area contributed by atoms with Crippen molar-refractivity contribution in [3.05, 3.63) is 35.6 Å². The summed E-state index contributed by atoms with van der Waals surface area (Å²) < 4.78 is 26.1. The van der Waals surface area contributed by atoms with E-state index in [9.17, 15) is 8.78 Å². The molecule has 1 saturated heterocycles. The van der Waals surface area contributed by atoms with Gasteiger partial charge in [-0.05, 0) is 37.0 Å². The van der Waals surface area contributed by atoms with Crippen molar-refractivity contribution in [1.82, 2.24) is 4.90 Å². The molecular weight excluding hydrogens is 196 g/mol. The largest absolute Gasteiger partial charge is 0.270 e. The Balaban J connectivity index is 1.98. The molecule has 1 aromatic carbocycles. The Labute approximate surface area is 88.7 Å². The van der Waals surface area contributed by atoms with Crippen molar-refractivity contribution in [1.29, 1.82) is 0 Å². The van der Waals surface area contributed by atoms with Gasteiger partial charge in [0.2, 0.25) is 0 Å². The third-order valence-electron chi connectivity index (χ3n) is 2.83. The Morgan fingerprint density at radius 1 is 1.20 bits per heavy atom. The summed E-state index contributed by atoms with van der Waals surface area (Å²) in [7, 11) is 0. The monoisotopic (exact) mass is 211 g/mol. The van der Waals surface area contributed by atoms with Gasteiger partial charge in [-0.3, -0.25) is 4.90 Å². The minimum Gasteiger partial charge on any atom is -0.270 e. The van der Waals surface area contributed by atoms with E-state index in [4.69, 9.17) is 0 Å². The Morgan fingerprint density at radius 3 is 2.60 bits per heavy atom. The van der Waals surface area contributed by atoms with Gasteiger partial charge in [-0.2, -0.15) is 0 Å². The summed E-state index contributed by atoms with van der Waals surface area (Å²) in [6.45, 7) is 1.39. The maximum absolute atomic E-state index is 13.5. The highest BCUT2D eigenvalue weighted by Gasteiger charge is 2.21. The summed E-state index contributed by atoms with van der Waals surface area (Å²) in [6.07, 6.45) is 1.83. The van der Waals surface area contributed by atoms with Crippen LogP contribution in [0.1, 0.15) is 24.8 Å². The van der Waals surface area contributed by atoms with Crippen LogP contribution in [0.3, 0.4) is 0 Å². The maximum atomic E-state index is 13.5. The van der Waals surface area contributed by atoms with Gasteiger partial charge in [0.05, 0.1) is 0 Å². The standard InChI is InChI=1S/C12H15F2N/c13-11-6-4-10(5-7-11)9-15-8-2-1-3-12(15)14/h4-7,12H,1-3,8-9H2. The highest BCUT2D eigenvalue weighted by Crippen LogP contribution is 2.20. The molecule has 1 atom stereocenters. The number of hydrogen-bond donors (Lipinski definition) is 0. The third-order valence-corrected chi connectivity index (χ3v) is 2.83. The zero-order valence-corrected chi connectivity index (χ0v) is 8.63. The Morgan fingerprint density at radius 2 is 1.93 bits per heavy atom. The average molecular weight is 211 g/mol. The lowest BCUT2D eigenvalue weighted by Crippen LogP contribution is -2.35. The molecule has 1 aliphatic rings. The van der Waals surface area contributed by atoms with Crippen molar-refractivity contribution in [2.75, 3.05) is 6.54 Å². The SMILES string of the molecule is Fc1ccc(CN2CCCCC2F)cc1. The summed E-state index contributed by atoms with van der Waals surface area (Å²) in [6, 6.07) is 6.28. The minimum atomic E-state index is -0.830. The van der Waals surface area contributed by atoms with Crippen LogP contribution in [-0.4, -0.2) is 17.7 Å². The molecule has 0 bridgehead atoms. The van der Waals surface area contributed by atoms with E-state index in [1.165, 1.54) is 12.1 Å². The third kappa shape index (κ3) is 2.75. The number of rotatable bonds is 2. The summed E-state index contributed by atoms with van der Waals surface area (Å²) in [5.41, 5.74) is 0.973. The number of likely N-dealkylation sites (tertiary alicyclic amines) is 1. The van der Waals surface area contributed by atoms with E-state index in [1.54, 1.807) is 12.1 Å². The van der Waals surface area contributed by atoms with Gasteiger partial charge >= 0.3 is 0 Å². The molecule has 15 heavy (non-hydrogen) atoms. The Bertz CT molecular complexity index is 310. The molecule has 1 nitrogen and oxygen atoms in total. The number of hydrogen-bond acceptors (Lipinski definition) is 1. The normalized spacial score (nSPS) is 22.9. The van der Waals surface area contributed by atoms with Crippen molar-refractivity contribution in [2.45, 2.75) is 32.1 Å². The van der Waals surface area contributed by atoms with Gasteiger partial charge in [0.25, 0.3) is 0 Å². The van der Waals surface area contributed by atoms with Crippen LogP contribution >= 0.6 is 0 Å². The molecule has 1 fully saturated rings. The quantitative estimate of drug-likeness (QED) is 0.679. The summed E-state index contributed by atoms with van der Waals surface area (Å²) in [5, 5.41) is 0. The molecular formula is C12H15F2N. The zero-order chi connectivity index (χ0) is 10.7. The lowest BCUT2D eigenvalue weighted by molar-refractivity contribution is 0.0399. The summed E-state index contributed by atoms with van der Waals surface area (Å²) in [4.78, 5) is 1.82. The molecule has 0 aromatic heterocycles. The van der Waals surface area contributed by atoms with Gasteiger partial charge < -0.3 is 0 Å². The van der Waals surface area contributed by atoms with E-state index in [1.807, 2.05) is 4.90 Å². The van der Waals surface area contributed by atoms with Crippen molar-refractivity contribution < 1.29 is 8.78 Å². The fourth-order valence-electron chi connectivity index (χ4n) is 1.95. The molecule has 0 saturated carbocycles. The zero-order valence-electron chi connectivity index (χ0n) is 8.63. The smallest absolute Gasteiger partial charge is 0.153 e. The van der Waals surface area contributed by atoms with Gasteiger partial charge in [-0.15, -0.1) is 0 Å². The second kappa shape index (κ2) is 4.71. The van der Waals surface area contributed by atoms with Crippen LogP contribution in [0, 0.1) is 5.82 Å². The molecule has 1 aliphatic heterocycles. The number of alkyl halides is 1. The van der Waals surface area contributed by atoms with E-state index < -0.39 is 6.30 Å². The first-order valence-electron chi connectivity index (χ1n) is 5.38. The second-order valence-corrected chi connectivity index (χ2v) is 4.03. The van der Waals surface area contributed by atoms with Crippen LogP contribution < -0.4 is 0 Å². The molecule has 1 heterocycles. The molecule has 1 aromatic rings. The summed E-state index contributed by atoms with van der Waals surface area (Å²) in [5.74, 6) is -0.241. The van der Waals surface area contributed by atoms with Crippen LogP contribution in [0.2, 0.25) is 0 Å². The predicted octanol–water partition coefficient (Wildman–Crippen LogP) is 3.11. The van der Waals surface area contributed by atoms with E-state index in [0.717, 1.165) is 24.9 Å². The lowest BCUT2D eigenvalue weighted by Gasteiger charge is -2.30. The van der Waals surface area contributed by atoms with E-state index in [-0.39, 0.29) is 5.82 Å². The molecule has 2 rings (SSSR count). The fraction of sp³-hybridized carbons (Fsp3) is 0.500. The van der Waals surface area contributed by atoms with Crippen LogP contribution in [0.15, 0.2) is 24.3 Å². The highest BCUT2D eigenvalue weighted by molar-refractivity contribution is 5.15. The predicted molar refractivity (Wildman–Crippen MR) is 55.6 cm³/mol. The van der Waals surface area contributed by atoms with Crippen LogP contribution in [-0.2, 0) is 6.54 Å². The molecule has 82 valence electrons. The van der Waals surface area contributed by atoms with Gasteiger partial charge in [0, 0.05) is 13.1 Å². The van der Waals surface area contributed by atoms with Crippen LogP contribution in [0.5, 0.6) is 0 Å². The van der Waals surface area contributed by atoms with Crippen LogP contribution in [0.4, 0.5) is 8.78 Å². The average Bonchev–Trinajstić information content (AvgIpc) is 2.25. The number of halogens is 2. The minimum absolute atomic E-state index is 0.241. The first-order valence-corrected chi connectivity index (χ1v) is 5.38. The van der Waals surface area contributed by atoms with E-state index >= 15 is 0 Å². The van der Waals surface area contributed by atoms with Crippen LogP contribution in [0.25, 0.3) is 0 Å². The van der Waals surface area contributed by atoms with Gasteiger partial charge in [-0.1, -0.05) is 12.1 Å². The molecule has 1 unspecified atom stereocenters. The number of piperidine rings is 1. The molecule has 0 aliphatic carbocycles. The molecule has 0 radical (unpaired) electrons. The van der Waals surface area contributed by atoms with Gasteiger partial charge in [-0.25, -0.2) is 8.78 Å². The van der Waals surface area contributed by atoms with Gasteiger partial charge in [0.15, 0.2) is 6.30 Å². The van der Waals surface area contributed by atoms with Crippen molar-refractivity contribution in [3.8, 4) is 0 Å². The lowest BCUT2D eigenvalue weighted by atomic mass is 10.1. The molecule has 3 heteroatoms. The highest BCUT2D eigenvalue weighted by atomic mass is 19.1. The molecule has 0 spiro atoms. The van der Waals surface area contributed by atoms with Crippen molar-refractivity contribution >= 4 is 0 Å². The molecule has 0 amide bonds. The first kappa shape index (κ1) is 10.6. The second-order valence-electron chi connectivity index (χ2n) is 4.03. The van der Waals surface area contributed by atoms with E-state index in [0.29, 0.717) is 13.0 Å². The van der Waals surface area contributed by atoms with Crippen molar-refractivity contribution in [2.24, 2.45) is 0 Å². The molecule has 0 N–H and O–H groups in total. The van der Waals surface area contributed by atoms with Crippen molar-refractivity contribution in [3.63, 3.8) is 0 Å². The number of nitrogens with zero attached hydrogens (tertiary/aromatic N) is 1. The maximum Gasteiger partial charge on any atom is 0.153 e. The van der Waals surface area contributed by atoms with Gasteiger partial charge in [0.1, 0.15) is 5.82 Å². The first-order chi connectivity index (χ1) is 7.25. The van der Waals surface area contributed by atoms with E-state index in [2.05, 4.69) is 0 Å². The topological polar surface area (TPSA) is 3.24 Å². The Hall–Kier alpha value is -0.960. The Kier molecular flexibility index (Phi) is 3.31. The fourth-order valence-corrected chi connectivity index (χ4v) is 1.95. The number of benzene rings is 1.